The van der Waals surface area contributed by atoms with Crippen LogP contribution in [0.5, 0.6) is 0 Å². The number of nitrogens with one attached hydrogen (secondary N) is 2. The van der Waals surface area contributed by atoms with Crippen LogP contribution in [0.4, 0.5) is 0 Å². The summed E-state index contributed by atoms with van der Waals surface area (Å²) in [6.07, 6.45) is -5.88. The Bertz CT molecular complexity index is 1100. The van der Waals surface area contributed by atoms with E-state index in [-0.39, 0.29) is 39.6 Å². The van der Waals surface area contributed by atoms with Gasteiger partial charge in [-0.15, -0.1) is 0 Å². The van der Waals surface area contributed by atoms with Crippen LogP contribution in [0.15, 0.2) is 30.3 Å². The fraction of sp³-hybridized carbons (Fsp3) is 0.633. The van der Waals surface area contributed by atoms with E-state index in [2.05, 4.69) is 10.6 Å². The third kappa shape index (κ3) is 15.6. The molecular weight excluding hydrogens is 612 g/mol. The number of carbonyl (C=O) groups is 5. The predicted octanol–water partition coefficient (Wildman–Crippen LogP) is -0.614. The Morgan fingerprint density at radius 2 is 1.50 bits per heavy atom. The van der Waals surface area contributed by atoms with Gasteiger partial charge in [-0.25, -0.2) is 0 Å². The highest BCUT2D eigenvalue weighted by Crippen LogP contribution is 2.28. The van der Waals surface area contributed by atoms with E-state index in [1.165, 1.54) is 6.92 Å². The molecule has 1 saturated heterocycles. The van der Waals surface area contributed by atoms with Crippen molar-refractivity contribution in [3.8, 4) is 0 Å². The van der Waals surface area contributed by atoms with Crippen LogP contribution in [-0.2, 0) is 68.5 Å². The minimum absolute atomic E-state index is 0.0800. The highest BCUT2D eigenvalue weighted by molar-refractivity contribution is 5.77. The Morgan fingerprint density at radius 3 is 2.15 bits per heavy atom. The second kappa shape index (κ2) is 21.2. The molecule has 1 unspecified atom stereocenters. The van der Waals surface area contributed by atoms with E-state index in [4.69, 9.17) is 37.9 Å². The van der Waals surface area contributed by atoms with Gasteiger partial charge in [0.15, 0.2) is 18.5 Å². The lowest BCUT2D eigenvalue weighted by Gasteiger charge is -2.44. The SMILES string of the molecule is CC(=O)NC1[C@H](OCC(=O)NCCOCCOC[C@H](O)COCc2ccccc2)O[C@H](COC(C)=O)[C@H](OC(C)=O)[C@@H]1OC(C)=O. The summed E-state index contributed by atoms with van der Waals surface area (Å²) in [6, 6.07) is 8.40. The Balaban J connectivity index is 1.76. The lowest BCUT2D eigenvalue weighted by molar-refractivity contribution is -0.276. The zero-order valence-electron chi connectivity index (χ0n) is 26.5. The summed E-state index contributed by atoms with van der Waals surface area (Å²) >= 11 is 0. The van der Waals surface area contributed by atoms with Gasteiger partial charge in [-0.1, -0.05) is 30.3 Å². The number of aliphatic hydroxyl groups excluding tert-OH is 1. The average molecular weight is 657 g/mol. The van der Waals surface area contributed by atoms with Gasteiger partial charge in [0.05, 0.1) is 39.6 Å². The van der Waals surface area contributed by atoms with Gasteiger partial charge in [-0.3, -0.25) is 24.0 Å². The van der Waals surface area contributed by atoms with Gasteiger partial charge in [0.25, 0.3) is 0 Å². The zero-order valence-corrected chi connectivity index (χ0v) is 26.5. The number of hydrogen-bond donors (Lipinski definition) is 3. The lowest BCUT2D eigenvalue weighted by atomic mass is 9.96. The molecule has 1 aromatic carbocycles. The molecule has 258 valence electrons. The molecule has 1 fully saturated rings. The first-order chi connectivity index (χ1) is 22.0. The highest BCUT2D eigenvalue weighted by atomic mass is 16.7. The summed E-state index contributed by atoms with van der Waals surface area (Å²) in [6.45, 7) is 5.04. The van der Waals surface area contributed by atoms with E-state index in [9.17, 15) is 29.1 Å². The molecule has 2 amide bonds. The minimum Gasteiger partial charge on any atom is -0.463 e. The molecule has 0 bridgehead atoms. The molecule has 0 aliphatic carbocycles. The monoisotopic (exact) mass is 656 g/mol. The molecule has 0 saturated carbocycles. The molecule has 1 heterocycles. The van der Waals surface area contributed by atoms with E-state index in [1.807, 2.05) is 30.3 Å². The van der Waals surface area contributed by atoms with Crippen molar-refractivity contribution in [2.75, 3.05) is 52.8 Å². The summed E-state index contributed by atoms with van der Waals surface area (Å²) in [7, 11) is 0. The molecule has 6 atom stereocenters. The van der Waals surface area contributed by atoms with Crippen molar-refractivity contribution in [1.29, 1.82) is 0 Å². The first-order valence-electron chi connectivity index (χ1n) is 14.7. The summed E-state index contributed by atoms with van der Waals surface area (Å²) in [5, 5.41) is 15.1. The molecule has 2 rings (SSSR count). The van der Waals surface area contributed by atoms with Crippen molar-refractivity contribution >= 4 is 29.7 Å². The van der Waals surface area contributed by atoms with Crippen LogP contribution in [-0.4, -0.2) is 124 Å². The maximum absolute atomic E-state index is 12.4. The predicted molar refractivity (Wildman–Crippen MR) is 157 cm³/mol. The third-order valence-corrected chi connectivity index (χ3v) is 6.12. The number of carbonyl (C=O) groups excluding carboxylic acids is 5. The number of hydrogen-bond acceptors (Lipinski definition) is 14. The topological polar surface area (TPSA) is 203 Å². The molecule has 16 heteroatoms. The first kappa shape index (κ1) is 38.5. The van der Waals surface area contributed by atoms with Crippen molar-refractivity contribution in [3.05, 3.63) is 35.9 Å². The van der Waals surface area contributed by atoms with E-state index < -0.39 is 79.7 Å². The summed E-state index contributed by atoms with van der Waals surface area (Å²) < 4.78 is 43.4. The fourth-order valence-electron chi connectivity index (χ4n) is 4.28. The van der Waals surface area contributed by atoms with Crippen LogP contribution < -0.4 is 10.6 Å². The summed E-state index contributed by atoms with van der Waals surface area (Å²) in [5.74, 6) is -3.24. The molecule has 0 radical (unpaired) electrons. The van der Waals surface area contributed by atoms with Crippen molar-refractivity contribution in [2.24, 2.45) is 0 Å². The van der Waals surface area contributed by atoms with Crippen LogP contribution >= 0.6 is 0 Å². The second-order valence-corrected chi connectivity index (χ2v) is 10.2. The van der Waals surface area contributed by atoms with Crippen molar-refractivity contribution < 1.29 is 67.0 Å². The molecule has 16 nitrogen and oxygen atoms in total. The van der Waals surface area contributed by atoms with Gasteiger partial charge in [0.1, 0.15) is 31.5 Å². The molecule has 1 aromatic rings. The number of rotatable bonds is 20. The number of aliphatic hydroxyl groups is 1. The molecule has 0 aromatic heterocycles. The molecular formula is C30H44N2O14. The van der Waals surface area contributed by atoms with Crippen LogP contribution in [0.3, 0.4) is 0 Å². The standard InChI is InChI=1S/C30H44N2O14/c1-19(33)32-27-29(45-22(4)36)28(44-21(3)35)25(17-42-20(2)34)46-30(27)43-18-26(38)31-10-11-39-12-13-40-15-24(37)16-41-14-23-8-6-5-7-9-23/h5-9,24-25,27-30,37H,10-18H2,1-4H3,(H,31,38)(H,32,33)/t24-,25+,27?,28-,29+,30+/m0/s1. The van der Waals surface area contributed by atoms with Crippen LogP contribution in [0.2, 0.25) is 0 Å². The number of esters is 3. The summed E-state index contributed by atoms with van der Waals surface area (Å²) in [5.41, 5.74) is 1.01. The molecule has 3 N–H and O–H groups in total. The number of benzene rings is 1. The number of amides is 2. The quantitative estimate of drug-likeness (QED) is 0.0910. The second-order valence-electron chi connectivity index (χ2n) is 10.2. The molecule has 0 spiro atoms. The van der Waals surface area contributed by atoms with E-state index in [0.29, 0.717) is 6.61 Å². The molecule has 1 aliphatic rings. The normalized spacial score (nSPS) is 21.5. The maximum Gasteiger partial charge on any atom is 0.303 e. The van der Waals surface area contributed by atoms with E-state index >= 15 is 0 Å². The van der Waals surface area contributed by atoms with Crippen molar-refractivity contribution in [3.63, 3.8) is 0 Å². The number of ether oxygens (including phenoxy) is 8. The van der Waals surface area contributed by atoms with Gasteiger partial charge in [-0.05, 0) is 5.56 Å². The van der Waals surface area contributed by atoms with E-state index in [0.717, 1.165) is 26.3 Å². The lowest BCUT2D eigenvalue weighted by Crippen LogP contribution is -2.66. The minimum atomic E-state index is -1.36. The van der Waals surface area contributed by atoms with Crippen LogP contribution in [0.1, 0.15) is 33.3 Å². The van der Waals surface area contributed by atoms with Crippen molar-refractivity contribution in [2.45, 2.75) is 71.0 Å². The fourth-order valence-corrected chi connectivity index (χ4v) is 4.28. The Kier molecular flexibility index (Phi) is 17.7. The maximum atomic E-state index is 12.4. The van der Waals surface area contributed by atoms with Crippen molar-refractivity contribution in [1.82, 2.24) is 10.6 Å². The largest absolute Gasteiger partial charge is 0.463 e. The van der Waals surface area contributed by atoms with Gasteiger partial charge in [0, 0.05) is 34.2 Å². The Labute approximate surface area is 267 Å². The smallest absolute Gasteiger partial charge is 0.303 e. The average Bonchev–Trinajstić information content (AvgIpc) is 2.98. The van der Waals surface area contributed by atoms with Gasteiger partial charge < -0.3 is 53.6 Å². The first-order valence-corrected chi connectivity index (χ1v) is 14.7. The van der Waals surface area contributed by atoms with Gasteiger partial charge in [-0.2, -0.15) is 0 Å². The van der Waals surface area contributed by atoms with Gasteiger partial charge in [0.2, 0.25) is 11.8 Å². The highest BCUT2D eigenvalue weighted by Gasteiger charge is 2.51. The van der Waals surface area contributed by atoms with Crippen LogP contribution in [0.25, 0.3) is 0 Å². The third-order valence-electron chi connectivity index (χ3n) is 6.12. The Morgan fingerprint density at radius 1 is 0.848 bits per heavy atom. The van der Waals surface area contributed by atoms with Gasteiger partial charge >= 0.3 is 17.9 Å². The zero-order chi connectivity index (χ0) is 33.9. The molecule has 46 heavy (non-hydrogen) atoms. The summed E-state index contributed by atoms with van der Waals surface area (Å²) in [4.78, 5) is 59.6. The molecule has 1 aliphatic heterocycles. The van der Waals surface area contributed by atoms with Crippen LogP contribution in [0, 0.1) is 0 Å². The van der Waals surface area contributed by atoms with E-state index in [1.54, 1.807) is 0 Å². The Hall–Kier alpha value is -3.67.